The monoisotopic (exact) mass is 197 g/mol. The maximum Gasteiger partial charge on any atom is 0.171 e. The van der Waals surface area contributed by atoms with Crippen molar-refractivity contribution in [2.75, 3.05) is 6.61 Å². The number of aryl methyl sites for hydroxylation is 1. The molecule has 0 atom stereocenters. The molecule has 0 bridgehead atoms. The molecule has 0 N–H and O–H groups in total. The van der Waals surface area contributed by atoms with Crippen molar-refractivity contribution >= 4 is 11.6 Å². The second-order valence-electron chi connectivity index (χ2n) is 2.99. The molecule has 1 rings (SSSR count). The molecule has 0 spiro atoms. The molecule has 0 radical (unpaired) electrons. The Labute approximate surface area is 83.2 Å². The Balaban J connectivity index is 2.72. The van der Waals surface area contributed by atoms with E-state index in [2.05, 4.69) is 11.6 Å². The zero-order chi connectivity index (χ0) is 9.84. The Morgan fingerprint density at radius 1 is 1.62 bits per heavy atom. The minimum Gasteiger partial charge on any atom is -0.486 e. The molecule has 3 heteroatoms. The Morgan fingerprint density at radius 3 is 2.85 bits per heavy atom. The number of hydrogen-bond acceptors (Lipinski definition) is 2. The summed E-state index contributed by atoms with van der Waals surface area (Å²) in [5.41, 5.74) is 1.84. The average molecular weight is 198 g/mol. The number of hydrogen-bond donors (Lipinski definition) is 0. The van der Waals surface area contributed by atoms with E-state index in [0.717, 1.165) is 11.3 Å². The predicted octanol–water partition coefficient (Wildman–Crippen LogP) is 3.00. The molecule has 0 saturated heterocycles. The van der Waals surface area contributed by atoms with Gasteiger partial charge in [0.2, 0.25) is 0 Å². The van der Waals surface area contributed by atoms with Gasteiger partial charge in [-0.1, -0.05) is 18.2 Å². The van der Waals surface area contributed by atoms with Crippen LogP contribution in [0.1, 0.15) is 12.6 Å². The Hall–Kier alpha value is -1.02. The van der Waals surface area contributed by atoms with E-state index < -0.39 is 0 Å². The summed E-state index contributed by atoms with van der Waals surface area (Å²) in [5.74, 6) is 0.607. The Morgan fingerprint density at radius 2 is 2.31 bits per heavy atom. The standard InChI is InChI=1S/C10H12ClNO/c1-7(2)6-13-9-5-4-8(3)12-10(9)11/h4-5H,1,6H2,2-3H3. The van der Waals surface area contributed by atoms with Crippen LogP contribution in [0.4, 0.5) is 0 Å². The summed E-state index contributed by atoms with van der Waals surface area (Å²) in [6.07, 6.45) is 0. The lowest BCUT2D eigenvalue weighted by Crippen LogP contribution is -1.99. The minimum atomic E-state index is 0.404. The van der Waals surface area contributed by atoms with Crippen LogP contribution in [-0.4, -0.2) is 11.6 Å². The number of rotatable bonds is 3. The van der Waals surface area contributed by atoms with Crippen LogP contribution in [0.25, 0.3) is 0 Å². The summed E-state index contributed by atoms with van der Waals surface area (Å²) >= 11 is 5.85. The van der Waals surface area contributed by atoms with Gasteiger partial charge in [-0.2, -0.15) is 0 Å². The molecule has 1 heterocycles. The van der Waals surface area contributed by atoms with E-state index in [4.69, 9.17) is 16.3 Å². The third-order valence-electron chi connectivity index (χ3n) is 1.43. The summed E-state index contributed by atoms with van der Waals surface area (Å²) < 4.78 is 5.36. The molecule has 1 aromatic heterocycles. The minimum absolute atomic E-state index is 0.404. The van der Waals surface area contributed by atoms with Crippen LogP contribution in [-0.2, 0) is 0 Å². The van der Waals surface area contributed by atoms with Crippen molar-refractivity contribution < 1.29 is 4.74 Å². The molecule has 1 aromatic rings. The highest BCUT2D eigenvalue weighted by Gasteiger charge is 2.02. The van der Waals surface area contributed by atoms with Crippen molar-refractivity contribution in [3.05, 3.63) is 35.1 Å². The number of pyridine rings is 1. The number of aromatic nitrogens is 1. The van der Waals surface area contributed by atoms with E-state index in [1.165, 1.54) is 0 Å². The fourth-order valence-corrected chi connectivity index (χ4v) is 1.07. The molecule has 0 saturated carbocycles. The van der Waals surface area contributed by atoms with Crippen molar-refractivity contribution in [3.63, 3.8) is 0 Å². The summed E-state index contributed by atoms with van der Waals surface area (Å²) in [4.78, 5) is 4.06. The lowest BCUT2D eigenvalue weighted by atomic mass is 10.3. The zero-order valence-corrected chi connectivity index (χ0v) is 8.56. The van der Waals surface area contributed by atoms with Gasteiger partial charge in [-0.25, -0.2) is 4.98 Å². The molecule has 0 amide bonds. The molecule has 0 aliphatic rings. The van der Waals surface area contributed by atoms with Crippen LogP contribution >= 0.6 is 11.6 Å². The first-order chi connectivity index (χ1) is 6.09. The van der Waals surface area contributed by atoms with Gasteiger partial charge >= 0.3 is 0 Å². The van der Waals surface area contributed by atoms with E-state index in [9.17, 15) is 0 Å². The lowest BCUT2D eigenvalue weighted by molar-refractivity contribution is 0.351. The SMILES string of the molecule is C=C(C)COc1ccc(C)nc1Cl. The largest absolute Gasteiger partial charge is 0.486 e. The van der Waals surface area contributed by atoms with E-state index >= 15 is 0 Å². The van der Waals surface area contributed by atoms with Gasteiger partial charge in [-0.05, 0) is 31.6 Å². The summed E-state index contributed by atoms with van der Waals surface area (Å²) in [5, 5.41) is 0.404. The first-order valence-electron chi connectivity index (χ1n) is 4.00. The van der Waals surface area contributed by atoms with E-state index in [1.54, 1.807) is 0 Å². The normalized spacial score (nSPS) is 9.77. The highest BCUT2D eigenvalue weighted by atomic mass is 35.5. The molecular weight excluding hydrogens is 186 g/mol. The smallest absolute Gasteiger partial charge is 0.171 e. The van der Waals surface area contributed by atoms with Crippen LogP contribution in [0.15, 0.2) is 24.3 Å². The van der Waals surface area contributed by atoms with Gasteiger partial charge in [0.15, 0.2) is 10.9 Å². The van der Waals surface area contributed by atoms with Crippen LogP contribution < -0.4 is 4.74 Å². The van der Waals surface area contributed by atoms with Gasteiger partial charge in [0.1, 0.15) is 6.61 Å². The molecule has 13 heavy (non-hydrogen) atoms. The number of ether oxygens (including phenoxy) is 1. The van der Waals surface area contributed by atoms with Gasteiger partial charge in [-0.3, -0.25) is 0 Å². The van der Waals surface area contributed by atoms with Gasteiger partial charge in [-0.15, -0.1) is 0 Å². The highest BCUT2D eigenvalue weighted by Crippen LogP contribution is 2.22. The first-order valence-corrected chi connectivity index (χ1v) is 4.37. The first kappa shape index (κ1) is 10.1. The fourth-order valence-electron chi connectivity index (χ4n) is 0.821. The van der Waals surface area contributed by atoms with Crippen molar-refractivity contribution in [3.8, 4) is 5.75 Å². The zero-order valence-electron chi connectivity index (χ0n) is 7.80. The van der Waals surface area contributed by atoms with Gasteiger partial charge in [0, 0.05) is 5.69 Å². The van der Waals surface area contributed by atoms with Crippen LogP contribution in [0.3, 0.4) is 0 Å². The molecule has 0 fully saturated rings. The van der Waals surface area contributed by atoms with E-state index in [-0.39, 0.29) is 0 Å². The lowest BCUT2D eigenvalue weighted by Gasteiger charge is -2.06. The summed E-state index contributed by atoms with van der Waals surface area (Å²) in [7, 11) is 0. The van der Waals surface area contributed by atoms with Gasteiger partial charge < -0.3 is 4.74 Å². The maximum atomic E-state index is 5.85. The molecule has 0 unspecified atom stereocenters. The molecule has 0 aliphatic heterocycles. The topological polar surface area (TPSA) is 22.1 Å². The van der Waals surface area contributed by atoms with Gasteiger partial charge in [0.05, 0.1) is 0 Å². The quantitative estimate of drug-likeness (QED) is 0.549. The second-order valence-corrected chi connectivity index (χ2v) is 3.35. The van der Waals surface area contributed by atoms with Crippen molar-refractivity contribution in [2.24, 2.45) is 0 Å². The maximum absolute atomic E-state index is 5.85. The summed E-state index contributed by atoms with van der Waals surface area (Å²) in [6.45, 7) is 7.99. The molecule has 0 aliphatic carbocycles. The molecule has 2 nitrogen and oxygen atoms in total. The van der Waals surface area contributed by atoms with Crippen molar-refractivity contribution in [2.45, 2.75) is 13.8 Å². The average Bonchev–Trinajstić information content (AvgIpc) is 2.02. The molecule has 0 aromatic carbocycles. The van der Waals surface area contributed by atoms with Crippen LogP contribution in [0.2, 0.25) is 5.15 Å². The Kier molecular flexibility index (Phi) is 3.32. The van der Waals surface area contributed by atoms with E-state index in [1.807, 2.05) is 26.0 Å². The van der Waals surface area contributed by atoms with E-state index in [0.29, 0.717) is 17.5 Å². The number of halogens is 1. The van der Waals surface area contributed by atoms with Crippen LogP contribution in [0, 0.1) is 6.92 Å². The fraction of sp³-hybridized carbons (Fsp3) is 0.300. The number of nitrogens with zero attached hydrogens (tertiary/aromatic N) is 1. The molecular formula is C10H12ClNO. The Bertz CT molecular complexity index is 323. The third kappa shape index (κ3) is 3.07. The van der Waals surface area contributed by atoms with Crippen molar-refractivity contribution in [1.82, 2.24) is 4.98 Å². The predicted molar refractivity (Wildman–Crippen MR) is 54.3 cm³/mol. The van der Waals surface area contributed by atoms with Crippen LogP contribution in [0.5, 0.6) is 5.75 Å². The second kappa shape index (κ2) is 4.28. The summed E-state index contributed by atoms with van der Waals surface area (Å²) in [6, 6.07) is 3.67. The molecule has 70 valence electrons. The van der Waals surface area contributed by atoms with Crippen molar-refractivity contribution in [1.29, 1.82) is 0 Å². The highest BCUT2D eigenvalue weighted by molar-refractivity contribution is 6.30. The van der Waals surface area contributed by atoms with Gasteiger partial charge in [0.25, 0.3) is 0 Å². The third-order valence-corrected chi connectivity index (χ3v) is 1.70.